The zero-order valence-electron chi connectivity index (χ0n) is 15.1. The molecule has 3 rings (SSSR count). The summed E-state index contributed by atoms with van der Waals surface area (Å²) in [6, 6.07) is 11.1. The number of methoxy groups -OCH3 is 2. The topological polar surface area (TPSA) is 84.9 Å². The van der Waals surface area contributed by atoms with Crippen LogP contribution in [-0.4, -0.2) is 32.1 Å². The van der Waals surface area contributed by atoms with Crippen LogP contribution in [0.15, 0.2) is 48.0 Å². The van der Waals surface area contributed by atoms with Gasteiger partial charge in [0.15, 0.2) is 11.5 Å². The summed E-state index contributed by atoms with van der Waals surface area (Å²) >= 11 is 0. The van der Waals surface area contributed by atoms with Crippen molar-refractivity contribution < 1.29 is 23.9 Å². The predicted molar refractivity (Wildman–Crippen MR) is 99.7 cm³/mol. The van der Waals surface area contributed by atoms with Gasteiger partial charge in [-0.2, -0.15) is 0 Å². The van der Waals surface area contributed by atoms with E-state index < -0.39 is 17.8 Å². The minimum absolute atomic E-state index is 0.150. The number of hydrogen-bond acceptors (Lipinski definition) is 5. The molecule has 1 aliphatic rings. The van der Waals surface area contributed by atoms with Gasteiger partial charge < -0.3 is 9.47 Å². The zero-order valence-corrected chi connectivity index (χ0v) is 15.1. The number of nitrogens with one attached hydrogen (secondary N) is 1. The van der Waals surface area contributed by atoms with Crippen molar-refractivity contribution in [3.8, 4) is 11.5 Å². The van der Waals surface area contributed by atoms with Gasteiger partial charge in [-0.15, -0.1) is 0 Å². The lowest BCUT2D eigenvalue weighted by Gasteiger charge is -2.26. The van der Waals surface area contributed by atoms with Crippen molar-refractivity contribution >= 4 is 29.6 Å². The maximum absolute atomic E-state index is 12.9. The van der Waals surface area contributed by atoms with E-state index in [4.69, 9.17) is 9.47 Å². The Hall–Kier alpha value is -3.61. The molecule has 27 heavy (non-hydrogen) atoms. The molecule has 138 valence electrons. The molecule has 7 heteroatoms. The molecule has 1 aliphatic heterocycles. The lowest BCUT2D eigenvalue weighted by molar-refractivity contribution is -0.122. The van der Waals surface area contributed by atoms with Gasteiger partial charge in [0.05, 0.1) is 19.9 Å². The average molecular weight is 366 g/mol. The van der Waals surface area contributed by atoms with Gasteiger partial charge in [-0.1, -0.05) is 18.2 Å². The third-order valence-electron chi connectivity index (χ3n) is 4.08. The Kier molecular flexibility index (Phi) is 4.94. The standard InChI is InChI=1S/C20H18N2O5/c1-12-5-4-6-14(9-12)22-19(24)15(18(23)21-20(22)25)10-13-7-8-16(26-2)17(11-13)27-3/h4-11H,1-3H3,(H,21,23,25)/b15-10+. The highest BCUT2D eigenvalue weighted by Crippen LogP contribution is 2.29. The summed E-state index contributed by atoms with van der Waals surface area (Å²) in [7, 11) is 3.00. The summed E-state index contributed by atoms with van der Waals surface area (Å²) in [5, 5.41) is 2.20. The number of urea groups is 1. The number of benzene rings is 2. The van der Waals surface area contributed by atoms with Crippen molar-refractivity contribution in [1.29, 1.82) is 0 Å². The molecule has 0 saturated carbocycles. The Morgan fingerprint density at radius 3 is 2.37 bits per heavy atom. The monoisotopic (exact) mass is 366 g/mol. The largest absolute Gasteiger partial charge is 0.493 e. The zero-order chi connectivity index (χ0) is 19.6. The summed E-state index contributed by atoms with van der Waals surface area (Å²) < 4.78 is 10.4. The molecule has 0 radical (unpaired) electrons. The molecule has 1 N–H and O–H groups in total. The second kappa shape index (κ2) is 7.33. The SMILES string of the molecule is COc1ccc(/C=C2\C(=O)NC(=O)N(c3cccc(C)c3)C2=O)cc1OC. The fourth-order valence-electron chi connectivity index (χ4n) is 2.77. The molecule has 1 heterocycles. The van der Waals surface area contributed by atoms with Gasteiger partial charge in [0, 0.05) is 0 Å². The van der Waals surface area contributed by atoms with E-state index in [-0.39, 0.29) is 5.57 Å². The highest BCUT2D eigenvalue weighted by Gasteiger charge is 2.36. The number of nitrogens with zero attached hydrogens (tertiary/aromatic N) is 1. The van der Waals surface area contributed by atoms with E-state index in [1.807, 2.05) is 13.0 Å². The van der Waals surface area contributed by atoms with Crippen LogP contribution in [0.25, 0.3) is 6.08 Å². The van der Waals surface area contributed by atoms with E-state index in [1.165, 1.54) is 20.3 Å². The number of barbiturate groups is 1. The molecule has 0 bridgehead atoms. The third-order valence-corrected chi connectivity index (χ3v) is 4.08. The molecule has 4 amide bonds. The van der Waals surface area contributed by atoms with E-state index in [0.717, 1.165) is 10.5 Å². The van der Waals surface area contributed by atoms with Crippen LogP contribution in [0, 0.1) is 6.92 Å². The Labute approximate surface area is 156 Å². The van der Waals surface area contributed by atoms with Crippen LogP contribution in [0.5, 0.6) is 11.5 Å². The summed E-state index contributed by atoms with van der Waals surface area (Å²) in [6.07, 6.45) is 1.41. The number of aryl methyl sites for hydroxylation is 1. The molecule has 2 aromatic rings. The number of carbonyl (C=O) groups excluding carboxylic acids is 3. The number of ether oxygens (including phenoxy) is 2. The van der Waals surface area contributed by atoms with Crippen molar-refractivity contribution in [2.24, 2.45) is 0 Å². The number of rotatable bonds is 4. The summed E-state index contributed by atoms with van der Waals surface area (Å²) in [4.78, 5) is 38.3. The number of amides is 4. The van der Waals surface area contributed by atoms with Crippen LogP contribution in [0.4, 0.5) is 10.5 Å². The van der Waals surface area contributed by atoms with Crippen LogP contribution < -0.4 is 19.7 Å². The van der Waals surface area contributed by atoms with E-state index in [1.54, 1.807) is 36.4 Å². The molecule has 2 aromatic carbocycles. The molecule has 0 aromatic heterocycles. The van der Waals surface area contributed by atoms with Crippen molar-refractivity contribution in [2.75, 3.05) is 19.1 Å². The minimum atomic E-state index is -0.778. The highest BCUT2D eigenvalue weighted by molar-refractivity contribution is 6.39. The van der Waals surface area contributed by atoms with Crippen LogP contribution in [0.2, 0.25) is 0 Å². The molecule has 1 fully saturated rings. The highest BCUT2D eigenvalue weighted by atomic mass is 16.5. The Morgan fingerprint density at radius 2 is 1.70 bits per heavy atom. The van der Waals surface area contributed by atoms with Gasteiger partial charge in [-0.25, -0.2) is 9.69 Å². The van der Waals surface area contributed by atoms with Crippen LogP contribution >= 0.6 is 0 Å². The summed E-state index contributed by atoms with van der Waals surface area (Å²) in [5.41, 5.74) is 1.69. The predicted octanol–water partition coefficient (Wildman–Crippen LogP) is 2.68. The minimum Gasteiger partial charge on any atom is -0.493 e. The first kappa shape index (κ1) is 18.2. The van der Waals surface area contributed by atoms with Crippen molar-refractivity contribution in [1.82, 2.24) is 5.32 Å². The van der Waals surface area contributed by atoms with Crippen LogP contribution in [-0.2, 0) is 9.59 Å². The smallest absolute Gasteiger partial charge is 0.335 e. The molecule has 0 atom stereocenters. The Bertz CT molecular complexity index is 965. The Morgan fingerprint density at radius 1 is 0.963 bits per heavy atom. The van der Waals surface area contributed by atoms with Crippen LogP contribution in [0.1, 0.15) is 11.1 Å². The number of hydrogen-bond donors (Lipinski definition) is 1. The van der Waals surface area contributed by atoms with E-state index in [0.29, 0.717) is 22.7 Å². The maximum Gasteiger partial charge on any atom is 0.335 e. The summed E-state index contributed by atoms with van der Waals surface area (Å²) in [5.74, 6) is -0.453. The fraction of sp³-hybridized carbons (Fsp3) is 0.150. The van der Waals surface area contributed by atoms with E-state index in [9.17, 15) is 14.4 Å². The molecule has 7 nitrogen and oxygen atoms in total. The van der Waals surface area contributed by atoms with Crippen molar-refractivity contribution in [2.45, 2.75) is 6.92 Å². The molecule has 0 unspecified atom stereocenters. The molecule has 0 spiro atoms. The quantitative estimate of drug-likeness (QED) is 0.664. The van der Waals surface area contributed by atoms with Gasteiger partial charge in [-0.3, -0.25) is 14.9 Å². The average Bonchev–Trinajstić information content (AvgIpc) is 2.64. The lowest BCUT2D eigenvalue weighted by atomic mass is 10.1. The molecule has 1 saturated heterocycles. The van der Waals surface area contributed by atoms with E-state index >= 15 is 0 Å². The maximum atomic E-state index is 12.9. The normalized spacial score (nSPS) is 15.7. The first-order valence-corrected chi connectivity index (χ1v) is 8.14. The Balaban J connectivity index is 2.02. The van der Waals surface area contributed by atoms with Gasteiger partial charge in [0.1, 0.15) is 5.57 Å². The second-order valence-electron chi connectivity index (χ2n) is 5.91. The third kappa shape index (κ3) is 3.52. The van der Waals surface area contributed by atoms with Crippen molar-refractivity contribution in [3.63, 3.8) is 0 Å². The van der Waals surface area contributed by atoms with Gasteiger partial charge in [0.2, 0.25) is 0 Å². The first-order chi connectivity index (χ1) is 12.9. The van der Waals surface area contributed by atoms with Gasteiger partial charge >= 0.3 is 6.03 Å². The number of carbonyl (C=O) groups is 3. The van der Waals surface area contributed by atoms with Gasteiger partial charge in [0.25, 0.3) is 11.8 Å². The molecular formula is C20H18N2O5. The fourth-order valence-corrected chi connectivity index (χ4v) is 2.77. The number of anilines is 1. The molecule has 0 aliphatic carbocycles. The van der Waals surface area contributed by atoms with E-state index in [2.05, 4.69) is 5.32 Å². The van der Waals surface area contributed by atoms with Gasteiger partial charge in [-0.05, 0) is 48.4 Å². The first-order valence-electron chi connectivity index (χ1n) is 8.14. The second-order valence-corrected chi connectivity index (χ2v) is 5.91. The summed E-state index contributed by atoms with van der Waals surface area (Å²) in [6.45, 7) is 1.85. The molecular weight excluding hydrogens is 348 g/mol. The number of imide groups is 2. The van der Waals surface area contributed by atoms with Crippen molar-refractivity contribution in [3.05, 3.63) is 59.2 Å². The lowest BCUT2D eigenvalue weighted by Crippen LogP contribution is -2.54. The van der Waals surface area contributed by atoms with Crippen LogP contribution in [0.3, 0.4) is 0 Å².